The molecule has 0 aromatic rings. The monoisotopic (exact) mass is 184 g/mol. The molecule has 2 atom stereocenters. The van der Waals surface area contributed by atoms with Crippen LogP contribution in [-0.4, -0.2) is 17.6 Å². The highest BCUT2D eigenvalue weighted by molar-refractivity contribution is 5.76. The molecule has 0 bridgehead atoms. The molecule has 0 spiro atoms. The molecule has 4 nitrogen and oxygen atoms in total. The van der Waals surface area contributed by atoms with E-state index in [4.69, 9.17) is 15.7 Å². The van der Waals surface area contributed by atoms with Gasteiger partial charge in [0.15, 0.2) is 0 Å². The number of nitriles is 1. The first kappa shape index (κ1) is 11.9. The summed E-state index contributed by atoms with van der Waals surface area (Å²) >= 11 is 0. The summed E-state index contributed by atoms with van der Waals surface area (Å²) in [6, 6.07) is 1.05. The van der Waals surface area contributed by atoms with Gasteiger partial charge in [0.1, 0.15) is 11.6 Å². The van der Waals surface area contributed by atoms with Crippen molar-refractivity contribution in [3.05, 3.63) is 0 Å². The fraction of sp³-hybridized carbons (Fsp3) is 0.778. The standard InChI is InChI=1S/C9H16N2O2/c1-6(5-10)7(11)8(12)13-9(2,3)4/h6-7H,11H2,1-4H3. The van der Waals surface area contributed by atoms with Crippen LogP contribution in [-0.2, 0) is 9.53 Å². The summed E-state index contributed by atoms with van der Waals surface area (Å²) in [5.74, 6) is -1.05. The Morgan fingerprint density at radius 3 is 2.31 bits per heavy atom. The number of carbonyl (C=O) groups is 1. The normalized spacial score (nSPS) is 15.7. The van der Waals surface area contributed by atoms with Gasteiger partial charge in [-0.3, -0.25) is 4.79 Å². The number of esters is 1. The molecule has 0 saturated carbocycles. The predicted octanol–water partition coefficient (Wildman–Crippen LogP) is 0.815. The van der Waals surface area contributed by atoms with Gasteiger partial charge in [0.25, 0.3) is 0 Å². The van der Waals surface area contributed by atoms with E-state index in [1.165, 1.54) is 0 Å². The highest BCUT2D eigenvalue weighted by atomic mass is 16.6. The van der Waals surface area contributed by atoms with E-state index >= 15 is 0 Å². The Bertz CT molecular complexity index is 225. The average Bonchev–Trinajstić information content (AvgIpc) is 1.98. The summed E-state index contributed by atoms with van der Waals surface area (Å²) in [7, 11) is 0. The maximum atomic E-state index is 11.3. The number of carbonyl (C=O) groups excluding carboxylic acids is 1. The Morgan fingerprint density at radius 1 is 1.54 bits per heavy atom. The number of hydrogen-bond acceptors (Lipinski definition) is 4. The summed E-state index contributed by atoms with van der Waals surface area (Å²) in [6.45, 7) is 6.87. The van der Waals surface area contributed by atoms with Crippen LogP contribution >= 0.6 is 0 Å². The minimum absolute atomic E-state index is 0.519. The highest BCUT2D eigenvalue weighted by Gasteiger charge is 2.26. The molecule has 2 unspecified atom stereocenters. The summed E-state index contributed by atoms with van der Waals surface area (Å²) in [5, 5.41) is 8.51. The van der Waals surface area contributed by atoms with E-state index in [0.717, 1.165) is 0 Å². The Hall–Kier alpha value is -1.08. The maximum Gasteiger partial charge on any atom is 0.324 e. The lowest BCUT2D eigenvalue weighted by Crippen LogP contribution is -2.41. The third kappa shape index (κ3) is 4.48. The van der Waals surface area contributed by atoms with Gasteiger partial charge in [-0.15, -0.1) is 0 Å². The van der Waals surface area contributed by atoms with Crippen LogP contribution < -0.4 is 5.73 Å². The van der Waals surface area contributed by atoms with E-state index < -0.39 is 23.5 Å². The molecule has 0 aromatic carbocycles. The van der Waals surface area contributed by atoms with Crippen molar-refractivity contribution in [3.63, 3.8) is 0 Å². The molecular formula is C9H16N2O2. The molecule has 0 rings (SSSR count). The van der Waals surface area contributed by atoms with Crippen LogP contribution in [0.5, 0.6) is 0 Å². The van der Waals surface area contributed by atoms with E-state index in [1.807, 2.05) is 6.07 Å². The first-order chi connectivity index (χ1) is 5.78. The molecule has 2 N–H and O–H groups in total. The first-order valence-electron chi connectivity index (χ1n) is 4.16. The minimum atomic E-state index is -0.857. The zero-order valence-electron chi connectivity index (χ0n) is 8.50. The van der Waals surface area contributed by atoms with Gasteiger partial charge in [0.05, 0.1) is 12.0 Å². The van der Waals surface area contributed by atoms with Crippen molar-refractivity contribution in [1.29, 1.82) is 5.26 Å². The van der Waals surface area contributed by atoms with E-state index in [9.17, 15) is 4.79 Å². The summed E-state index contributed by atoms with van der Waals surface area (Å²) in [6.07, 6.45) is 0. The van der Waals surface area contributed by atoms with Crippen molar-refractivity contribution in [3.8, 4) is 6.07 Å². The topological polar surface area (TPSA) is 76.1 Å². The second-order valence-corrected chi connectivity index (χ2v) is 3.98. The average molecular weight is 184 g/mol. The molecule has 4 heteroatoms. The zero-order chi connectivity index (χ0) is 10.6. The van der Waals surface area contributed by atoms with Crippen molar-refractivity contribution in [2.45, 2.75) is 39.3 Å². The van der Waals surface area contributed by atoms with Gasteiger partial charge in [-0.1, -0.05) is 0 Å². The van der Waals surface area contributed by atoms with Crippen LogP contribution in [0.3, 0.4) is 0 Å². The van der Waals surface area contributed by atoms with Crippen LogP contribution in [0.2, 0.25) is 0 Å². The number of ether oxygens (including phenoxy) is 1. The molecule has 0 aliphatic heterocycles. The van der Waals surface area contributed by atoms with Gasteiger partial charge in [0, 0.05) is 0 Å². The van der Waals surface area contributed by atoms with Crippen molar-refractivity contribution in [2.75, 3.05) is 0 Å². The predicted molar refractivity (Wildman–Crippen MR) is 48.6 cm³/mol. The van der Waals surface area contributed by atoms with Crippen LogP contribution in [0.4, 0.5) is 0 Å². The molecule has 13 heavy (non-hydrogen) atoms. The largest absolute Gasteiger partial charge is 0.459 e. The molecule has 0 radical (unpaired) electrons. The molecule has 0 aromatic heterocycles. The summed E-state index contributed by atoms with van der Waals surface area (Å²) in [5.41, 5.74) is 4.93. The fourth-order valence-corrected chi connectivity index (χ4v) is 0.654. The third-order valence-corrected chi connectivity index (χ3v) is 1.42. The van der Waals surface area contributed by atoms with Crippen molar-refractivity contribution < 1.29 is 9.53 Å². The summed E-state index contributed by atoms with van der Waals surface area (Å²) < 4.78 is 5.01. The van der Waals surface area contributed by atoms with E-state index in [0.29, 0.717) is 0 Å². The smallest absolute Gasteiger partial charge is 0.324 e. The van der Waals surface area contributed by atoms with E-state index in [1.54, 1.807) is 27.7 Å². The zero-order valence-corrected chi connectivity index (χ0v) is 8.50. The number of nitrogens with zero attached hydrogens (tertiary/aromatic N) is 1. The number of rotatable bonds is 2. The lowest BCUT2D eigenvalue weighted by molar-refractivity contribution is -0.157. The van der Waals surface area contributed by atoms with Gasteiger partial charge in [0.2, 0.25) is 0 Å². The van der Waals surface area contributed by atoms with Crippen molar-refractivity contribution in [2.24, 2.45) is 11.7 Å². The van der Waals surface area contributed by atoms with E-state index in [2.05, 4.69) is 0 Å². The summed E-state index contributed by atoms with van der Waals surface area (Å²) in [4.78, 5) is 11.3. The third-order valence-electron chi connectivity index (χ3n) is 1.42. The van der Waals surface area contributed by atoms with Crippen molar-refractivity contribution in [1.82, 2.24) is 0 Å². The van der Waals surface area contributed by atoms with Crippen molar-refractivity contribution >= 4 is 5.97 Å². The van der Waals surface area contributed by atoms with Gasteiger partial charge in [-0.05, 0) is 27.7 Å². The maximum absolute atomic E-state index is 11.3. The SMILES string of the molecule is CC(C#N)C(N)C(=O)OC(C)(C)C. The molecule has 0 aliphatic carbocycles. The van der Waals surface area contributed by atoms with Gasteiger partial charge in [-0.2, -0.15) is 5.26 Å². The molecule has 0 aliphatic rings. The fourth-order valence-electron chi connectivity index (χ4n) is 0.654. The first-order valence-corrected chi connectivity index (χ1v) is 4.16. The Labute approximate surface area is 78.7 Å². The quantitative estimate of drug-likeness (QED) is 0.644. The molecule has 0 amide bonds. The van der Waals surface area contributed by atoms with Gasteiger partial charge >= 0.3 is 5.97 Å². The minimum Gasteiger partial charge on any atom is -0.459 e. The highest BCUT2D eigenvalue weighted by Crippen LogP contribution is 2.10. The lowest BCUT2D eigenvalue weighted by atomic mass is 10.0. The van der Waals surface area contributed by atoms with Crippen LogP contribution in [0.25, 0.3) is 0 Å². The molecule has 0 saturated heterocycles. The number of hydrogen-bond donors (Lipinski definition) is 1. The Morgan fingerprint density at radius 2 is 2.00 bits per heavy atom. The van der Waals surface area contributed by atoms with Gasteiger partial charge < -0.3 is 10.5 Å². The molecule has 0 fully saturated rings. The van der Waals surface area contributed by atoms with E-state index in [-0.39, 0.29) is 0 Å². The van der Waals surface area contributed by atoms with Crippen LogP contribution in [0.1, 0.15) is 27.7 Å². The Kier molecular flexibility index (Phi) is 3.89. The lowest BCUT2D eigenvalue weighted by Gasteiger charge is -2.22. The second kappa shape index (κ2) is 4.24. The molecular weight excluding hydrogens is 168 g/mol. The van der Waals surface area contributed by atoms with Gasteiger partial charge in [-0.25, -0.2) is 0 Å². The number of nitrogens with two attached hydrogens (primary N) is 1. The second-order valence-electron chi connectivity index (χ2n) is 3.98. The van der Waals surface area contributed by atoms with Crippen LogP contribution in [0, 0.1) is 17.2 Å². The van der Waals surface area contributed by atoms with Crippen LogP contribution in [0.15, 0.2) is 0 Å². The Balaban J connectivity index is 4.22. The molecule has 74 valence electrons. The molecule has 0 heterocycles.